The first kappa shape index (κ1) is 10.6. The fourth-order valence-electron chi connectivity index (χ4n) is 1.58. The second kappa shape index (κ2) is 4.77. The molecule has 0 N–H and O–H groups in total. The lowest BCUT2D eigenvalue weighted by atomic mass is 10.3. The van der Waals surface area contributed by atoms with Gasteiger partial charge in [0.2, 0.25) is 0 Å². The van der Waals surface area contributed by atoms with Gasteiger partial charge in [-0.2, -0.15) is 0 Å². The quantitative estimate of drug-likeness (QED) is 0.798. The van der Waals surface area contributed by atoms with Gasteiger partial charge < -0.3 is 9.14 Å². The Kier molecular flexibility index (Phi) is 3.38. The summed E-state index contributed by atoms with van der Waals surface area (Å²) in [7, 11) is 1.72. The molecule has 0 aliphatic heterocycles. The highest BCUT2D eigenvalue weighted by Gasteiger charge is 2.03. The molecule has 0 spiro atoms. The molecule has 15 heavy (non-hydrogen) atoms. The van der Waals surface area contributed by atoms with Crippen LogP contribution in [0.3, 0.4) is 0 Å². The van der Waals surface area contributed by atoms with Gasteiger partial charge in [-0.15, -0.1) is 0 Å². The zero-order chi connectivity index (χ0) is 10.7. The van der Waals surface area contributed by atoms with Gasteiger partial charge in [-0.05, 0) is 34.5 Å². The average molecular weight is 269 g/mol. The molecule has 0 aliphatic rings. The normalized spacial score (nSPS) is 11.1. The van der Waals surface area contributed by atoms with E-state index in [0.717, 1.165) is 35.3 Å². The Morgan fingerprint density at radius 3 is 3.13 bits per heavy atom. The molecule has 80 valence electrons. The van der Waals surface area contributed by atoms with Crippen molar-refractivity contribution in [3.05, 3.63) is 34.8 Å². The van der Waals surface area contributed by atoms with Crippen LogP contribution < -0.4 is 0 Å². The molecule has 2 aromatic rings. The number of rotatable bonds is 4. The van der Waals surface area contributed by atoms with E-state index in [4.69, 9.17) is 4.74 Å². The molecule has 0 amide bonds. The zero-order valence-corrected chi connectivity index (χ0v) is 10.2. The zero-order valence-electron chi connectivity index (χ0n) is 8.61. The molecular weight excluding hydrogens is 256 g/mol. The first-order valence-corrected chi connectivity index (χ1v) is 5.71. The third-order valence-corrected chi connectivity index (χ3v) is 2.79. The lowest BCUT2D eigenvalue weighted by Gasteiger charge is -2.01. The molecule has 0 bridgehead atoms. The third kappa shape index (κ3) is 2.38. The van der Waals surface area contributed by atoms with E-state index < -0.39 is 0 Å². The minimum Gasteiger partial charge on any atom is -0.385 e. The van der Waals surface area contributed by atoms with E-state index in [9.17, 15) is 0 Å². The maximum absolute atomic E-state index is 5.03. The Morgan fingerprint density at radius 2 is 2.33 bits per heavy atom. The number of aryl methyl sites for hydroxylation is 1. The molecule has 0 unspecified atom stereocenters. The van der Waals surface area contributed by atoms with E-state index in [-0.39, 0.29) is 0 Å². The molecule has 4 heteroatoms. The van der Waals surface area contributed by atoms with Crippen LogP contribution in [0.25, 0.3) is 5.52 Å². The van der Waals surface area contributed by atoms with Crippen LogP contribution >= 0.6 is 15.9 Å². The Bertz CT molecular complexity index is 453. The minimum atomic E-state index is 0.781. The topological polar surface area (TPSA) is 26.5 Å². The van der Waals surface area contributed by atoms with Crippen LogP contribution in [0.5, 0.6) is 0 Å². The summed E-state index contributed by atoms with van der Waals surface area (Å²) in [5, 5.41) is 0. The van der Waals surface area contributed by atoms with Crippen LogP contribution in [-0.4, -0.2) is 23.1 Å². The smallest absolute Gasteiger partial charge is 0.113 e. The number of imidazole rings is 1. The van der Waals surface area contributed by atoms with Crippen molar-refractivity contribution >= 4 is 21.4 Å². The van der Waals surface area contributed by atoms with Crippen molar-refractivity contribution in [1.82, 2.24) is 9.38 Å². The van der Waals surface area contributed by atoms with Gasteiger partial charge >= 0.3 is 0 Å². The predicted molar refractivity (Wildman–Crippen MR) is 63.1 cm³/mol. The van der Waals surface area contributed by atoms with Crippen LogP contribution in [0.2, 0.25) is 0 Å². The second-order valence-electron chi connectivity index (χ2n) is 3.41. The number of halogens is 1. The number of aromatic nitrogens is 2. The molecule has 0 aromatic carbocycles. The molecule has 2 rings (SSSR count). The highest BCUT2D eigenvalue weighted by molar-refractivity contribution is 9.10. The lowest BCUT2D eigenvalue weighted by Crippen LogP contribution is -1.98. The van der Waals surface area contributed by atoms with Crippen LogP contribution in [0.1, 0.15) is 12.2 Å². The van der Waals surface area contributed by atoms with E-state index in [1.807, 2.05) is 18.5 Å². The molecule has 0 saturated heterocycles. The number of hydrogen-bond acceptors (Lipinski definition) is 2. The average Bonchev–Trinajstić information content (AvgIpc) is 2.62. The molecule has 2 aromatic heterocycles. The van der Waals surface area contributed by atoms with Crippen LogP contribution in [0.4, 0.5) is 0 Å². The van der Waals surface area contributed by atoms with Gasteiger partial charge in [0.1, 0.15) is 5.82 Å². The Labute approximate surface area is 97.2 Å². The van der Waals surface area contributed by atoms with Gasteiger partial charge in [-0.3, -0.25) is 0 Å². The summed E-state index contributed by atoms with van der Waals surface area (Å²) in [6.45, 7) is 0.781. The van der Waals surface area contributed by atoms with Crippen LogP contribution in [0.15, 0.2) is 29.0 Å². The fourth-order valence-corrected chi connectivity index (χ4v) is 1.91. The summed E-state index contributed by atoms with van der Waals surface area (Å²) in [4.78, 5) is 4.39. The number of pyridine rings is 1. The fraction of sp³-hybridized carbons (Fsp3) is 0.364. The molecule has 0 aliphatic carbocycles. The van der Waals surface area contributed by atoms with Crippen molar-refractivity contribution in [3.63, 3.8) is 0 Å². The van der Waals surface area contributed by atoms with Gasteiger partial charge in [0, 0.05) is 30.8 Å². The molecule has 3 nitrogen and oxygen atoms in total. The van der Waals surface area contributed by atoms with E-state index in [0.29, 0.717) is 0 Å². The Hall–Kier alpha value is -0.870. The second-order valence-corrected chi connectivity index (χ2v) is 4.33. The largest absolute Gasteiger partial charge is 0.385 e. The molecule has 0 atom stereocenters. The van der Waals surface area contributed by atoms with Crippen molar-refractivity contribution in [2.45, 2.75) is 12.8 Å². The molecule has 0 fully saturated rings. The highest BCUT2D eigenvalue weighted by atomic mass is 79.9. The van der Waals surface area contributed by atoms with Crippen molar-refractivity contribution in [1.29, 1.82) is 0 Å². The summed E-state index contributed by atoms with van der Waals surface area (Å²) in [5.41, 5.74) is 1.13. The molecule has 2 heterocycles. The number of hydrogen-bond donors (Lipinski definition) is 0. The van der Waals surface area contributed by atoms with Crippen LogP contribution in [0, 0.1) is 0 Å². The monoisotopic (exact) mass is 268 g/mol. The first-order chi connectivity index (χ1) is 7.31. The standard InChI is InChI=1S/C11H13BrN2O/c1-15-6-2-3-11-13-7-10-5-4-9(12)8-14(10)11/h4-5,7-8H,2-3,6H2,1H3. The van der Waals surface area contributed by atoms with E-state index in [2.05, 4.69) is 31.4 Å². The van der Waals surface area contributed by atoms with Crippen molar-refractivity contribution in [2.24, 2.45) is 0 Å². The number of nitrogens with zero attached hydrogens (tertiary/aromatic N) is 2. The van der Waals surface area contributed by atoms with Crippen LogP contribution in [-0.2, 0) is 11.2 Å². The first-order valence-electron chi connectivity index (χ1n) is 4.91. The maximum atomic E-state index is 5.03. The van der Waals surface area contributed by atoms with Crippen molar-refractivity contribution < 1.29 is 4.74 Å². The Morgan fingerprint density at radius 1 is 1.47 bits per heavy atom. The summed E-state index contributed by atoms with van der Waals surface area (Å²) < 4.78 is 8.21. The molecular formula is C11H13BrN2O. The summed E-state index contributed by atoms with van der Waals surface area (Å²) >= 11 is 3.46. The van der Waals surface area contributed by atoms with E-state index >= 15 is 0 Å². The number of fused-ring (bicyclic) bond motifs is 1. The SMILES string of the molecule is COCCCc1ncc2ccc(Br)cn12. The number of ether oxygens (including phenoxy) is 1. The predicted octanol–water partition coefficient (Wildman–Crippen LogP) is 2.68. The van der Waals surface area contributed by atoms with Gasteiger partial charge in [0.25, 0.3) is 0 Å². The van der Waals surface area contributed by atoms with Crippen molar-refractivity contribution in [3.8, 4) is 0 Å². The number of methoxy groups -OCH3 is 1. The minimum absolute atomic E-state index is 0.781. The van der Waals surface area contributed by atoms with Gasteiger partial charge in [-0.25, -0.2) is 4.98 Å². The Balaban J connectivity index is 2.23. The highest BCUT2D eigenvalue weighted by Crippen LogP contribution is 2.14. The summed E-state index contributed by atoms with van der Waals surface area (Å²) in [6.07, 6.45) is 5.89. The van der Waals surface area contributed by atoms with Gasteiger partial charge in [0.15, 0.2) is 0 Å². The third-order valence-electron chi connectivity index (χ3n) is 2.32. The van der Waals surface area contributed by atoms with E-state index in [1.165, 1.54) is 0 Å². The van der Waals surface area contributed by atoms with Crippen molar-refractivity contribution in [2.75, 3.05) is 13.7 Å². The summed E-state index contributed by atoms with van der Waals surface area (Å²) in [6, 6.07) is 4.08. The summed E-state index contributed by atoms with van der Waals surface area (Å²) in [5.74, 6) is 1.09. The van der Waals surface area contributed by atoms with Gasteiger partial charge in [-0.1, -0.05) is 0 Å². The molecule has 0 radical (unpaired) electrons. The molecule has 0 saturated carbocycles. The lowest BCUT2D eigenvalue weighted by molar-refractivity contribution is 0.194. The van der Waals surface area contributed by atoms with Gasteiger partial charge in [0.05, 0.1) is 11.7 Å². The maximum Gasteiger partial charge on any atom is 0.113 e. The van der Waals surface area contributed by atoms with E-state index in [1.54, 1.807) is 7.11 Å².